The summed E-state index contributed by atoms with van der Waals surface area (Å²) in [4.78, 5) is 13.7. The Bertz CT molecular complexity index is 368. The number of nitrogens with zero attached hydrogens (tertiary/aromatic N) is 1. The van der Waals surface area contributed by atoms with E-state index in [4.69, 9.17) is 16.3 Å². The third-order valence-electron chi connectivity index (χ3n) is 1.69. The molecule has 0 bridgehead atoms. The van der Waals surface area contributed by atoms with E-state index in [0.29, 0.717) is 10.8 Å². The largest absolute Gasteiger partial charge is 0.495 e. The topological polar surface area (TPSA) is 29.5 Å². The molecule has 82 valence electrons. The maximum Gasteiger partial charge on any atom is 0.285 e. The number of benzene rings is 1. The molecule has 0 saturated heterocycles. The summed E-state index contributed by atoms with van der Waals surface area (Å²) in [6.07, 6.45) is 0. The smallest absolute Gasteiger partial charge is 0.285 e. The molecule has 0 N–H and O–H groups in total. The SMILES string of the molecule is COc1cc(SC(=O)N(C)C)ccc1Cl. The van der Waals surface area contributed by atoms with Crippen molar-refractivity contribution in [1.29, 1.82) is 0 Å². The second kappa shape index (κ2) is 5.28. The maximum absolute atomic E-state index is 11.4. The molecule has 0 aliphatic carbocycles. The van der Waals surface area contributed by atoms with Crippen LogP contribution in [0.3, 0.4) is 0 Å². The molecule has 0 atom stereocenters. The van der Waals surface area contributed by atoms with Gasteiger partial charge in [0, 0.05) is 19.0 Å². The van der Waals surface area contributed by atoms with Crippen molar-refractivity contribution in [3.05, 3.63) is 23.2 Å². The highest BCUT2D eigenvalue weighted by Crippen LogP contribution is 2.30. The van der Waals surface area contributed by atoms with Gasteiger partial charge in [-0.2, -0.15) is 0 Å². The number of rotatable bonds is 2. The van der Waals surface area contributed by atoms with Gasteiger partial charge in [0.15, 0.2) is 0 Å². The van der Waals surface area contributed by atoms with E-state index in [1.165, 1.54) is 4.90 Å². The van der Waals surface area contributed by atoms with Crippen molar-refractivity contribution in [1.82, 2.24) is 4.90 Å². The molecule has 1 aromatic rings. The number of amides is 1. The highest BCUT2D eigenvalue weighted by Gasteiger charge is 2.08. The van der Waals surface area contributed by atoms with E-state index in [1.54, 1.807) is 39.4 Å². The molecule has 1 amide bonds. The fourth-order valence-corrected chi connectivity index (χ4v) is 1.78. The van der Waals surface area contributed by atoms with Crippen LogP contribution in [-0.4, -0.2) is 31.3 Å². The fourth-order valence-electron chi connectivity index (χ4n) is 0.896. The average molecular weight is 246 g/mol. The van der Waals surface area contributed by atoms with Gasteiger partial charge in [-0.3, -0.25) is 4.79 Å². The van der Waals surface area contributed by atoms with Gasteiger partial charge < -0.3 is 9.64 Å². The molecule has 0 saturated carbocycles. The lowest BCUT2D eigenvalue weighted by molar-refractivity contribution is 0.241. The first-order valence-corrected chi connectivity index (χ1v) is 5.46. The summed E-state index contributed by atoms with van der Waals surface area (Å²) in [7, 11) is 4.97. The predicted molar refractivity (Wildman–Crippen MR) is 62.9 cm³/mol. The molecule has 0 aliphatic rings. The Morgan fingerprint density at radius 2 is 2.13 bits per heavy atom. The molecule has 0 spiro atoms. The molecule has 3 nitrogen and oxygen atoms in total. The van der Waals surface area contributed by atoms with Gasteiger partial charge in [0.2, 0.25) is 0 Å². The first-order chi connectivity index (χ1) is 7.04. The molecule has 0 aliphatic heterocycles. The molecular formula is C10H12ClNO2S. The van der Waals surface area contributed by atoms with Gasteiger partial charge in [0.05, 0.1) is 12.1 Å². The summed E-state index contributed by atoms with van der Waals surface area (Å²) in [5, 5.41) is 0.513. The fraction of sp³-hybridized carbons (Fsp3) is 0.300. The van der Waals surface area contributed by atoms with E-state index in [9.17, 15) is 4.79 Å². The normalized spacial score (nSPS) is 9.87. The predicted octanol–water partition coefficient (Wildman–Crippen LogP) is 3.12. The Kier molecular flexibility index (Phi) is 4.29. The van der Waals surface area contributed by atoms with Crippen molar-refractivity contribution >= 4 is 28.6 Å². The Hall–Kier alpha value is -0.870. The number of ether oxygens (including phenoxy) is 1. The highest BCUT2D eigenvalue weighted by molar-refractivity contribution is 8.13. The number of carbonyl (C=O) groups is 1. The monoisotopic (exact) mass is 245 g/mol. The van der Waals surface area contributed by atoms with Crippen molar-refractivity contribution in [3.8, 4) is 5.75 Å². The highest BCUT2D eigenvalue weighted by atomic mass is 35.5. The molecule has 0 fully saturated rings. The van der Waals surface area contributed by atoms with Crippen LogP contribution >= 0.6 is 23.4 Å². The molecule has 15 heavy (non-hydrogen) atoms. The van der Waals surface area contributed by atoms with Crippen LogP contribution in [-0.2, 0) is 0 Å². The number of hydrogen-bond acceptors (Lipinski definition) is 3. The molecule has 0 radical (unpaired) electrons. The van der Waals surface area contributed by atoms with E-state index in [0.717, 1.165) is 16.7 Å². The van der Waals surface area contributed by atoms with Crippen molar-refractivity contribution in [2.75, 3.05) is 21.2 Å². The van der Waals surface area contributed by atoms with Crippen LogP contribution < -0.4 is 4.74 Å². The number of thioether (sulfide) groups is 1. The quantitative estimate of drug-likeness (QED) is 0.750. The van der Waals surface area contributed by atoms with Gasteiger partial charge in [-0.05, 0) is 30.0 Å². The minimum atomic E-state index is -0.0284. The van der Waals surface area contributed by atoms with Crippen LogP contribution in [0, 0.1) is 0 Å². The zero-order chi connectivity index (χ0) is 11.4. The van der Waals surface area contributed by atoms with Crippen LogP contribution in [0.25, 0.3) is 0 Å². The number of hydrogen-bond donors (Lipinski definition) is 0. The second-order valence-corrected chi connectivity index (χ2v) is 4.49. The Labute approximate surface area is 98.4 Å². The van der Waals surface area contributed by atoms with Crippen molar-refractivity contribution < 1.29 is 9.53 Å². The van der Waals surface area contributed by atoms with Gasteiger partial charge in [0.1, 0.15) is 5.75 Å². The van der Waals surface area contributed by atoms with Crippen molar-refractivity contribution in [3.63, 3.8) is 0 Å². The minimum absolute atomic E-state index is 0.0284. The lowest BCUT2D eigenvalue weighted by Gasteiger charge is -2.10. The molecule has 1 aromatic carbocycles. The van der Waals surface area contributed by atoms with Crippen LogP contribution in [0.15, 0.2) is 23.1 Å². The molecule has 0 heterocycles. The zero-order valence-electron chi connectivity index (χ0n) is 8.78. The summed E-state index contributed by atoms with van der Waals surface area (Å²) in [6, 6.07) is 5.25. The third-order valence-corrected chi connectivity index (χ3v) is 3.03. The van der Waals surface area contributed by atoms with Gasteiger partial charge in [0.25, 0.3) is 5.24 Å². The Morgan fingerprint density at radius 3 is 2.67 bits per heavy atom. The molecule has 0 aromatic heterocycles. The summed E-state index contributed by atoms with van der Waals surface area (Å²) in [5.74, 6) is 0.577. The van der Waals surface area contributed by atoms with E-state index < -0.39 is 0 Å². The van der Waals surface area contributed by atoms with Crippen molar-refractivity contribution in [2.45, 2.75) is 4.90 Å². The first kappa shape index (κ1) is 12.2. The van der Waals surface area contributed by atoms with Gasteiger partial charge in [-0.25, -0.2) is 0 Å². The van der Waals surface area contributed by atoms with E-state index in [1.807, 2.05) is 0 Å². The summed E-state index contributed by atoms with van der Waals surface area (Å²) >= 11 is 7.00. The summed E-state index contributed by atoms with van der Waals surface area (Å²) in [5.41, 5.74) is 0. The zero-order valence-corrected chi connectivity index (χ0v) is 10.4. The number of carbonyl (C=O) groups excluding carboxylic acids is 1. The Morgan fingerprint density at radius 1 is 1.47 bits per heavy atom. The van der Waals surface area contributed by atoms with Crippen molar-refractivity contribution in [2.24, 2.45) is 0 Å². The lowest BCUT2D eigenvalue weighted by atomic mass is 10.3. The Balaban J connectivity index is 2.83. The van der Waals surface area contributed by atoms with Gasteiger partial charge in [-0.1, -0.05) is 11.6 Å². The summed E-state index contributed by atoms with van der Waals surface area (Å²) < 4.78 is 5.06. The van der Waals surface area contributed by atoms with Gasteiger partial charge in [-0.15, -0.1) is 0 Å². The molecule has 1 rings (SSSR count). The third kappa shape index (κ3) is 3.32. The number of methoxy groups -OCH3 is 1. The van der Waals surface area contributed by atoms with Gasteiger partial charge >= 0.3 is 0 Å². The van der Waals surface area contributed by atoms with E-state index >= 15 is 0 Å². The average Bonchev–Trinajstić information content (AvgIpc) is 2.20. The van der Waals surface area contributed by atoms with Crippen LogP contribution in [0.1, 0.15) is 0 Å². The maximum atomic E-state index is 11.4. The van der Waals surface area contributed by atoms with Crippen LogP contribution in [0.4, 0.5) is 4.79 Å². The molecule has 0 unspecified atom stereocenters. The van der Waals surface area contributed by atoms with Crippen LogP contribution in [0.2, 0.25) is 5.02 Å². The number of halogens is 1. The molecule has 5 heteroatoms. The lowest BCUT2D eigenvalue weighted by Crippen LogP contribution is -2.15. The van der Waals surface area contributed by atoms with Crippen LogP contribution in [0.5, 0.6) is 5.75 Å². The van der Waals surface area contributed by atoms with E-state index in [2.05, 4.69) is 0 Å². The standard InChI is InChI=1S/C10H12ClNO2S/c1-12(2)10(13)15-7-4-5-8(11)9(6-7)14-3/h4-6H,1-3H3. The molecular weight excluding hydrogens is 234 g/mol. The van der Waals surface area contributed by atoms with E-state index in [-0.39, 0.29) is 5.24 Å². The second-order valence-electron chi connectivity index (χ2n) is 3.06. The first-order valence-electron chi connectivity index (χ1n) is 4.27. The summed E-state index contributed by atoms with van der Waals surface area (Å²) in [6.45, 7) is 0. The minimum Gasteiger partial charge on any atom is -0.495 e.